The van der Waals surface area contributed by atoms with Gasteiger partial charge >= 0.3 is 0 Å². The Labute approximate surface area is 180 Å². The smallest absolute Gasteiger partial charge is 0.243 e. The van der Waals surface area contributed by atoms with Crippen molar-refractivity contribution >= 4 is 33.2 Å². The Bertz CT molecular complexity index is 1110. The highest BCUT2D eigenvalue weighted by Gasteiger charge is 2.32. The molecule has 2 N–H and O–H groups in total. The second-order valence-corrected chi connectivity index (χ2v) is 9.84. The number of piperidine rings is 1. The van der Waals surface area contributed by atoms with Crippen LogP contribution in [0, 0.1) is 11.7 Å². The van der Waals surface area contributed by atoms with Gasteiger partial charge in [-0.2, -0.15) is 4.31 Å². The number of fused-ring (bicyclic) bond motifs is 1. The van der Waals surface area contributed by atoms with E-state index in [1.54, 1.807) is 18.2 Å². The Morgan fingerprint density at radius 1 is 1.10 bits per heavy atom. The number of nitrogens with one attached hydrogen (secondary N) is 2. The molecule has 0 saturated carbocycles. The highest BCUT2D eigenvalue weighted by atomic mass is 32.2. The van der Waals surface area contributed by atoms with E-state index in [1.807, 2.05) is 0 Å². The monoisotopic (exact) mass is 445 g/mol. The Hall–Kier alpha value is -2.78. The fourth-order valence-corrected chi connectivity index (χ4v) is 5.55. The van der Waals surface area contributed by atoms with E-state index in [-0.39, 0.29) is 35.7 Å². The van der Waals surface area contributed by atoms with Crippen LogP contribution in [0.5, 0.6) is 0 Å². The molecule has 0 bridgehead atoms. The van der Waals surface area contributed by atoms with E-state index in [0.29, 0.717) is 43.5 Å². The van der Waals surface area contributed by atoms with Gasteiger partial charge in [0.25, 0.3) is 0 Å². The number of sulfonamides is 1. The van der Waals surface area contributed by atoms with Gasteiger partial charge in [0, 0.05) is 36.8 Å². The van der Waals surface area contributed by atoms with Crippen LogP contribution in [0.25, 0.3) is 0 Å². The minimum absolute atomic E-state index is 0.0621. The summed E-state index contributed by atoms with van der Waals surface area (Å²) in [5.74, 6) is -1.06. The lowest BCUT2D eigenvalue weighted by Gasteiger charge is -2.30. The average Bonchev–Trinajstić information content (AvgIpc) is 2.93. The molecule has 9 heteroatoms. The number of rotatable bonds is 4. The van der Waals surface area contributed by atoms with Crippen molar-refractivity contribution in [3.63, 3.8) is 0 Å². The third-order valence-electron chi connectivity index (χ3n) is 5.76. The fourth-order valence-electron chi connectivity index (χ4n) is 4.03. The number of amides is 2. The molecule has 0 aliphatic carbocycles. The van der Waals surface area contributed by atoms with Crippen LogP contribution in [0.2, 0.25) is 0 Å². The van der Waals surface area contributed by atoms with Crippen molar-refractivity contribution in [3.05, 3.63) is 53.8 Å². The number of carbonyl (C=O) groups is 2. The first-order valence-electron chi connectivity index (χ1n) is 10.3. The lowest BCUT2D eigenvalue weighted by atomic mass is 9.97. The molecule has 2 heterocycles. The van der Waals surface area contributed by atoms with Gasteiger partial charge in [0.15, 0.2) is 0 Å². The zero-order chi connectivity index (χ0) is 22.0. The maximum absolute atomic E-state index is 13.3. The third-order valence-corrected chi connectivity index (χ3v) is 7.65. The largest absolute Gasteiger partial charge is 0.326 e. The van der Waals surface area contributed by atoms with E-state index in [4.69, 9.17) is 0 Å². The maximum Gasteiger partial charge on any atom is 0.243 e. The first-order valence-corrected chi connectivity index (χ1v) is 11.8. The molecule has 2 aliphatic heterocycles. The molecule has 4 rings (SSSR count). The number of nitrogens with zero attached hydrogens (tertiary/aromatic N) is 1. The molecule has 2 aliphatic rings. The zero-order valence-corrected chi connectivity index (χ0v) is 17.8. The highest BCUT2D eigenvalue weighted by molar-refractivity contribution is 7.89. The molecule has 2 amide bonds. The first kappa shape index (κ1) is 21.5. The van der Waals surface area contributed by atoms with Crippen molar-refractivity contribution in [3.8, 4) is 0 Å². The lowest BCUT2D eigenvalue weighted by Crippen LogP contribution is -2.41. The maximum atomic E-state index is 13.3. The van der Waals surface area contributed by atoms with Gasteiger partial charge in [0.1, 0.15) is 5.82 Å². The summed E-state index contributed by atoms with van der Waals surface area (Å²) in [5.41, 5.74) is 1.86. The highest BCUT2D eigenvalue weighted by Crippen LogP contribution is 2.29. The van der Waals surface area contributed by atoms with Crippen LogP contribution < -0.4 is 10.6 Å². The van der Waals surface area contributed by atoms with Gasteiger partial charge in [-0.25, -0.2) is 12.8 Å². The summed E-state index contributed by atoms with van der Waals surface area (Å²) in [6.07, 6.45) is 2.51. The summed E-state index contributed by atoms with van der Waals surface area (Å²) in [4.78, 5) is 24.4. The fraction of sp³-hybridized carbons (Fsp3) is 0.364. The van der Waals surface area contributed by atoms with Crippen molar-refractivity contribution in [1.82, 2.24) is 4.31 Å². The van der Waals surface area contributed by atoms with Gasteiger partial charge in [0.2, 0.25) is 21.8 Å². The summed E-state index contributed by atoms with van der Waals surface area (Å²) in [5, 5.41) is 5.51. The van der Waals surface area contributed by atoms with E-state index in [1.165, 1.54) is 28.6 Å². The van der Waals surface area contributed by atoms with Gasteiger partial charge in [-0.1, -0.05) is 6.07 Å². The molecular formula is C22H24FN3O4S. The summed E-state index contributed by atoms with van der Waals surface area (Å²) in [6, 6.07) is 10.5. The number of hydrogen-bond acceptors (Lipinski definition) is 4. The van der Waals surface area contributed by atoms with Crippen LogP contribution in [-0.2, 0) is 26.0 Å². The molecule has 164 valence electrons. The van der Waals surface area contributed by atoms with Crippen LogP contribution >= 0.6 is 0 Å². The lowest BCUT2D eigenvalue weighted by molar-refractivity contribution is -0.121. The molecule has 0 atom stereocenters. The number of anilines is 2. The van der Waals surface area contributed by atoms with E-state index >= 15 is 0 Å². The van der Waals surface area contributed by atoms with E-state index in [9.17, 15) is 22.4 Å². The number of carbonyl (C=O) groups excluding carboxylic acids is 2. The van der Waals surface area contributed by atoms with Crippen LogP contribution in [0.15, 0.2) is 47.4 Å². The average molecular weight is 446 g/mol. The number of hydrogen-bond donors (Lipinski definition) is 2. The Kier molecular flexibility index (Phi) is 6.06. The predicted octanol–water partition coefficient (Wildman–Crippen LogP) is 3.14. The van der Waals surface area contributed by atoms with Crippen molar-refractivity contribution in [2.45, 2.75) is 37.0 Å². The van der Waals surface area contributed by atoms with Crippen molar-refractivity contribution in [2.75, 3.05) is 23.7 Å². The summed E-state index contributed by atoms with van der Waals surface area (Å²) >= 11 is 0. The Morgan fingerprint density at radius 3 is 2.61 bits per heavy atom. The minimum atomic E-state index is -3.70. The van der Waals surface area contributed by atoms with Gasteiger partial charge in [-0.05, 0) is 67.6 Å². The van der Waals surface area contributed by atoms with Crippen LogP contribution in [0.1, 0.15) is 31.2 Å². The first-order chi connectivity index (χ1) is 14.8. The van der Waals surface area contributed by atoms with Crippen molar-refractivity contribution < 1.29 is 22.4 Å². The third kappa shape index (κ3) is 4.77. The predicted molar refractivity (Wildman–Crippen MR) is 115 cm³/mol. The molecule has 0 spiro atoms. The molecule has 0 aromatic heterocycles. The van der Waals surface area contributed by atoms with Gasteiger partial charge in [0.05, 0.1) is 4.90 Å². The molecule has 1 saturated heterocycles. The minimum Gasteiger partial charge on any atom is -0.326 e. The van der Waals surface area contributed by atoms with Crippen molar-refractivity contribution in [1.29, 1.82) is 0 Å². The molecule has 7 nitrogen and oxygen atoms in total. The summed E-state index contributed by atoms with van der Waals surface area (Å²) < 4.78 is 41.0. The Balaban J connectivity index is 1.41. The van der Waals surface area contributed by atoms with Crippen LogP contribution in [0.3, 0.4) is 0 Å². The molecular weight excluding hydrogens is 421 g/mol. The molecule has 0 radical (unpaired) electrons. The second kappa shape index (κ2) is 8.76. The van der Waals surface area contributed by atoms with E-state index in [2.05, 4.69) is 10.6 Å². The van der Waals surface area contributed by atoms with Crippen LogP contribution in [-0.4, -0.2) is 37.6 Å². The normalized spacial score (nSPS) is 18.0. The molecule has 2 aromatic rings. The topological polar surface area (TPSA) is 95.6 Å². The number of aryl methyl sites for hydroxylation is 1. The standard InChI is InChI=1S/C22H24FN3O4S/c23-17-4-2-5-18(14-17)24-22(28)15-9-11-26(12-10-15)31(29,30)19-7-8-20-16(13-19)3-1-6-21(27)25-20/h2,4-5,7-8,13-15H,1,3,6,9-12H2,(H,24,28)(H,25,27). The number of benzene rings is 2. The molecule has 2 aromatic carbocycles. The van der Waals surface area contributed by atoms with Gasteiger partial charge in [-0.15, -0.1) is 0 Å². The van der Waals surface area contributed by atoms with Gasteiger partial charge < -0.3 is 10.6 Å². The van der Waals surface area contributed by atoms with E-state index < -0.39 is 15.8 Å². The molecule has 31 heavy (non-hydrogen) atoms. The summed E-state index contributed by atoms with van der Waals surface area (Å²) in [6.45, 7) is 0.467. The van der Waals surface area contributed by atoms with Gasteiger partial charge in [-0.3, -0.25) is 9.59 Å². The number of halogens is 1. The SMILES string of the molecule is O=C1CCCc2cc(S(=O)(=O)N3CCC(C(=O)Nc4cccc(F)c4)CC3)ccc2N1. The van der Waals surface area contributed by atoms with Crippen molar-refractivity contribution in [2.24, 2.45) is 5.92 Å². The molecule has 0 unspecified atom stereocenters. The summed E-state index contributed by atoms with van der Waals surface area (Å²) in [7, 11) is -3.70. The van der Waals surface area contributed by atoms with Crippen LogP contribution in [0.4, 0.5) is 15.8 Å². The zero-order valence-electron chi connectivity index (χ0n) is 16.9. The Morgan fingerprint density at radius 2 is 1.87 bits per heavy atom. The second-order valence-electron chi connectivity index (χ2n) is 7.90. The quantitative estimate of drug-likeness (QED) is 0.756. The van der Waals surface area contributed by atoms with E-state index in [0.717, 1.165) is 5.56 Å². The molecule has 1 fully saturated rings.